The van der Waals surface area contributed by atoms with Gasteiger partial charge in [-0.2, -0.15) is 4.98 Å². The van der Waals surface area contributed by atoms with Gasteiger partial charge in [0.05, 0.1) is 48.7 Å². The number of H-pyrrole nitrogens is 1. The van der Waals surface area contributed by atoms with E-state index in [2.05, 4.69) is 38.1 Å². The molecule has 0 radical (unpaired) electrons. The number of quaternary nitrogens is 1. The Morgan fingerprint density at radius 3 is 2.63 bits per heavy atom. The van der Waals surface area contributed by atoms with Crippen molar-refractivity contribution in [1.82, 2.24) is 24.8 Å². The van der Waals surface area contributed by atoms with Gasteiger partial charge in [0, 0.05) is 44.3 Å². The monoisotopic (exact) mass is 559 g/mol. The Kier molecular flexibility index (Phi) is 7.46. The van der Waals surface area contributed by atoms with Crippen molar-refractivity contribution in [3.8, 4) is 17.1 Å². The maximum absolute atomic E-state index is 14.4. The molecule has 6 rings (SSSR count). The Balaban J connectivity index is 1.33. The normalized spacial score (nSPS) is 17.3. The van der Waals surface area contributed by atoms with Crippen LogP contribution >= 0.6 is 0 Å². The number of nitrogens with zero attached hydrogens (tertiary/aromatic N) is 3. The van der Waals surface area contributed by atoms with Crippen LogP contribution in [-0.4, -0.2) is 60.2 Å². The van der Waals surface area contributed by atoms with E-state index in [-0.39, 0.29) is 11.3 Å². The number of hydrogen-bond acceptors (Lipinski definition) is 7. The van der Waals surface area contributed by atoms with Crippen molar-refractivity contribution in [2.45, 2.75) is 38.1 Å². The van der Waals surface area contributed by atoms with Gasteiger partial charge in [-0.25, -0.2) is 9.37 Å². The summed E-state index contributed by atoms with van der Waals surface area (Å²) in [5, 5.41) is 9.95. The van der Waals surface area contributed by atoms with Crippen LogP contribution in [0.1, 0.15) is 42.5 Å². The lowest BCUT2D eigenvalue weighted by atomic mass is 9.95. The Labute approximate surface area is 238 Å². The van der Waals surface area contributed by atoms with Crippen molar-refractivity contribution in [3.63, 3.8) is 0 Å². The zero-order valence-corrected chi connectivity index (χ0v) is 23.2. The number of primary amides is 1. The summed E-state index contributed by atoms with van der Waals surface area (Å²) in [4.78, 5) is 24.3. The van der Waals surface area contributed by atoms with Gasteiger partial charge < -0.3 is 31.4 Å². The molecular weight excluding hydrogens is 523 g/mol. The van der Waals surface area contributed by atoms with Crippen LogP contribution in [0.4, 0.5) is 33.2 Å². The molecule has 0 unspecified atom stereocenters. The largest absolute Gasteiger partial charge is 0.494 e. The van der Waals surface area contributed by atoms with Gasteiger partial charge in [0.25, 0.3) is 5.91 Å². The van der Waals surface area contributed by atoms with Crippen LogP contribution in [0.2, 0.25) is 0 Å². The predicted octanol–water partition coefficient (Wildman–Crippen LogP) is 4.89. The minimum Gasteiger partial charge on any atom is -0.494 e. The van der Waals surface area contributed by atoms with Crippen molar-refractivity contribution in [3.05, 3.63) is 60.0 Å². The number of ether oxygens (including phenoxy) is 1. The molecule has 0 spiro atoms. The summed E-state index contributed by atoms with van der Waals surface area (Å²) in [5.74, 6) is 0.519. The molecule has 2 saturated heterocycles. The molecule has 4 aliphatic rings. The molecule has 6 N–H and O–H groups in total. The topological polar surface area (TPSA) is 130 Å². The van der Waals surface area contributed by atoms with Crippen molar-refractivity contribution in [2.75, 3.05) is 43.9 Å². The summed E-state index contributed by atoms with van der Waals surface area (Å²) in [7, 11) is 1.68. The van der Waals surface area contributed by atoms with Crippen molar-refractivity contribution < 1.29 is 13.9 Å². The smallest absolute Gasteiger partial charge is 0.253 e. The molecule has 10 nitrogen and oxygen atoms in total. The highest BCUT2D eigenvalue weighted by molar-refractivity contribution is 6.00. The van der Waals surface area contributed by atoms with Gasteiger partial charge in [-0.3, -0.25) is 9.28 Å². The van der Waals surface area contributed by atoms with Gasteiger partial charge in [-0.05, 0) is 43.5 Å². The maximum atomic E-state index is 14.4. The first-order chi connectivity index (χ1) is 20.0. The predicted molar refractivity (Wildman–Crippen MR) is 159 cm³/mol. The average molecular weight is 560 g/mol. The van der Waals surface area contributed by atoms with Gasteiger partial charge in [0.15, 0.2) is 0 Å². The minimum absolute atomic E-state index is 0.222. The second kappa shape index (κ2) is 11.3. The van der Waals surface area contributed by atoms with Crippen LogP contribution in [0.15, 0.2) is 48.7 Å². The number of nitrogens with two attached hydrogens (primary N) is 1. The number of carbonyl (C=O) groups is 1. The quantitative estimate of drug-likeness (QED) is 0.194. The molecular formula is C30H36FN8O2+. The number of aromatic nitrogens is 3. The van der Waals surface area contributed by atoms with Crippen LogP contribution in [0.5, 0.6) is 5.75 Å². The van der Waals surface area contributed by atoms with Crippen LogP contribution in [-0.2, 0) is 0 Å². The number of carbonyl (C=O) groups excluding carboxylic acids is 1. The van der Waals surface area contributed by atoms with E-state index in [0.717, 1.165) is 42.1 Å². The molecule has 2 aromatic carbocycles. The number of benzene rings is 2. The maximum Gasteiger partial charge on any atom is 0.253 e. The number of likely N-dealkylation sites (tertiary alicyclic amines) is 1. The van der Waals surface area contributed by atoms with Crippen LogP contribution in [0, 0.1) is 5.82 Å². The number of fused-ring (bicyclic) bond motifs is 1. The van der Waals surface area contributed by atoms with E-state index in [1.54, 1.807) is 25.4 Å². The summed E-state index contributed by atoms with van der Waals surface area (Å²) in [5.41, 5.74) is 8.17. The number of rotatable bonds is 8. The number of nitrogens with one attached hydrogen (secondary N) is 4. The summed E-state index contributed by atoms with van der Waals surface area (Å²) in [6.07, 6.45) is 7.75. The number of anilines is 4. The summed E-state index contributed by atoms with van der Waals surface area (Å²) in [6.45, 7) is 4.43. The van der Waals surface area contributed by atoms with Crippen molar-refractivity contribution in [1.29, 1.82) is 0 Å². The molecule has 0 aromatic heterocycles. The number of amides is 1. The van der Waals surface area contributed by atoms with Gasteiger partial charge in [-0.15, -0.1) is 0 Å². The lowest BCUT2D eigenvalue weighted by Gasteiger charge is -2.48. The number of piperidine rings is 2. The summed E-state index contributed by atoms with van der Waals surface area (Å²) >= 11 is 0. The van der Waals surface area contributed by atoms with Gasteiger partial charge in [0.2, 0.25) is 5.95 Å². The zero-order valence-electron chi connectivity index (χ0n) is 23.2. The molecule has 11 heteroatoms. The third-order valence-electron chi connectivity index (χ3n) is 8.50. The minimum atomic E-state index is -0.869. The highest BCUT2D eigenvalue weighted by Gasteiger charge is 2.41. The first-order valence-corrected chi connectivity index (χ1v) is 14.2. The van der Waals surface area contributed by atoms with E-state index in [1.807, 2.05) is 6.07 Å². The fraction of sp³-hybridized carbons (Fsp3) is 0.367. The SMILES string of the molecule is COc1cc([N+]2(C3CCNCC3)CCCCC2)ccc1Nc1nc(Nc2cccc(F)c2C(N)=O)c2ccnc-2[nH]1. The fourth-order valence-electron chi connectivity index (χ4n) is 6.50. The molecule has 0 atom stereocenters. The molecule has 0 bridgehead atoms. The molecule has 214 valence electrons. The Morgan fingerprint density at radius 2 is 1.88 bits per heavy atom. The molecule has 4 heterocycles. The lowest BCUT2D eigenvalue weighted by molar-refractivity contribution is 0.0997. The molecule has 0 aliphatic carbocycles. The number of halogens is 1. The average Bonchev–Trinajstić information content (AvgIpc) is 3.47. The van der Waals surface area contributed by atoms with E-state index in [0.29, 0.717) is 29.2 Å². The first kappa shape index (κ1) is 27.0. The summed E-state index contributed by atoms with van der Waals surface area (Å²) in [6, 6.07) is 13.1. The van der Waals surface area contributed by atoms with Crippen molar-refractivity contribution in [2.24, 2.45) is 5.73 Å². The highest BCUT2D eigenvalue weighted by Crippen LogP contribution is 2.40. The van der Waals surface area contributed by atoms with E-state index in [4.69, 9.17) is 15.5 Å². The number of hydrogen-bond donors (Lipinski definition) is 5. The lowest BCUT2D eigenvalue weighted by Crippen LogP contribution is -2.62. The van der Waals surface area contributed by atoms with Gasteiger partial charge >= 0.3 is 0 Å². The fourth-order valence-corrected chi connectivity index (χ4v) is 6.50. The van der Waals surface area contributed by atoms with Crippen LogP contribution in [0.3, 0.4) is 0 Å². The Hall–Kier alpha value is -4.22. The molecule has 41 heavy (non-hydrogen) atoms. The first-order valence-electron chi connectivity index (χ1n) is 14.2. The highest BCUT2D eigenvalue weighted by atomic mass is 19.1. The number of aromatic amines is 1. The van der Waals surface area contributed by atoms with E-state index >= 15 is 0 Å². The molecule has 4 aliphatic heterocycles. The van der Waals surface area contributed by atoms with Crippen molar-refractivity contribution >= 4 is 34.7 Å². The van der Waals surface area contributed by atoms with Gasteiger partial charge in [0.1, 0.15) is 28.9 Å². The molecule has 2 fully saturated rings. The molecule has 1 amide bonds. The molecule has 2 aromatic rings. The molecule has 0 saturated carbocycles. The third-order valence-corrected chi connectivity index (χ3v) is 8.50. The second-order valence-corrected chi connectivity index (χ2v) is 10.8. The Morgan fingerprint density at radius 1 is 1.07 bits per heavy atom. The van der Waals surface area contributed by atoms with E-state index in [9.17, 15) is 9.18 Å². The van der Waals surface area contributed by atoms with Crippen LogP contribution < -0.4 is 30.9 Å². The standard InChI is InChI=1S/C30H35FN8O2/c1-41-25-18-20(39(16-3-2-4-17-39)19-10-13-33-14-11-19)8-9-23(25)36-30-37-28-21(12-15-34-28)29(38-30)35-24-7-5-6-22(31)26(24)27(32)40/h5-9,12,15,18-19,33H,2-4,10-11,13-14,16-17H2,1H3,(H4-,32,34,35,36,37,38,40)/p+1. The Bertz CT molecular complexity index is 1510. The van der Waals surface area contributed by atoms with Crippen LogP contribution in [0.25, 0.3) is 11.4 Å². The van der Waals surface area contributed by atoms with E-state index in [1.165, 1.54) is 49.9 Å². The third kappa shape index (κ3) is 5.18. The zero-order chi connectivity index (χ0) is 28.4. The second-order valence-electron chi connectivity index (χ2n) is 10.8. The van der Waals surface area contributed by atoms with Gasteiger partial charge in [-0.1, -0.05) is 6.07 Å². The number of methoxy groups -OCH3 is 1. The van der Waals surface area contributed by atoms with E-state index < -0.39 is 11.7 Å². The summed E-state index contributed by atoms with van der Waals surface area (Å²) < 4.78 is 21.3.